The molecule has 0 aromatic carbocycles. The van der Waals surface area contributed by atoms with E-state index in [2.05, 4.69) is 72.1 Å². The Hall–Kier alpha value is -5.77. The van der Waals surface area contributed by atoms with Gasteiger partial charge in [-0.15, -0.1) is 0 Å². The molecule has 0 radical (unpaired) electrons. The Balaban J connectivity index is -0.0000000974. The summed E-state index contributed by atoms with van der Waals surface area (Å²) in [5.41, 5.74) is 0. The summed E-state index contributed by atoms with van der Waals surface area (Å²) in [7, 11) is 3.95. The summed E-state index contributed by atoms with van der Waals surface area (Å²) in [6, 6.07) is 7.99. The molecule has 0 aromatic rings. The van der Waals surface area contributed by atoms with Crippen LogP contribution in [0.5, 0.6) is 0 Å². The lowest BCUT2D eigenvalue weighted by Gasteiger charge is -2.29. The predicted octanol–water partition coefficient (Wildman–Crippen LogP) is 15.4. The summed E-state index contributed by atoms with van der Waals surface area (Å²) < 4.78 is 10.0. The summed E-state index contributed by atoms with van der Waals surface area (Å²) >= 11 is 0. The largest absolute Gasteiger partial charge is 0.393 e. The normalized spacial score (nSPS) is 12.4. The van der Waals surface area contributed by atoms with Gasteiger partial charge in [-0.2, -0.15) is 21.0 Å². The molecule has 16 nitrogen and oxygen atoms in total. The molecule has 0 spiro atoms. The summed E-state index contributed by atoms with van der Waals surface area (Å²) in [4.78, 5) is 76.4. The highest BCUT2D eigenvalue weighted by Crippen LogP contribution is 2.19. The Morgan fingerprint density at radius 1 is 0.611 bits per heavy atom. The van der Waals surface area contributed by atoms with Crippen LogP contribution >= 0.6 is 0 Å². The van der Waals surface area contributed by atoms with Crippen LogP contribution in [0.1, 0.15) is 225 Å². The van der Waals surface area contributed by atoms with Gasteiger partial charge in [0.2, 0.25) is 5.78 Å². The number of allylic oxidation sites excluding steroid dienone is 4. The molecule has 2 fully saturated rings. The third kappa shape index (κ3) is 101. The zero-order valence-electron chi connectivity index (χ0n) is 62.3. The van der Waals surface area contributed by atoms with Gasteiger partial charge in [-0.25, -0.2) is 0 Å². The Bertz CT molecular complexity index is 2100. The monoisotopic (exact) mass is 1270 g/mol. The van der Waals surface area contributed by atoms with Crippen LogP contribution in [0, 0.1) is 134 Å². The van der Waals surface area contributed by atoms with Crippen LogP contribution < -0.4 is 0 Å². The van der Waals surface area contributed by atoms with Crippen molar-refractivity contribution >= 4 is 40.5 Å². The van der Waals surface area contributed by atoms with Gasteiger partial charge in [0.1, 0.15) is 17.7 Å². The molecule has 0 bridgehead atoms. The highest BCUT2D eigenvalue weighted by molar-refractivity contribution is 5.96. The van der Waals surface area contributed by atoms with E-state index in [0.29, 0.717) is 43.0 Å². The third-order valence-corrected chi connectivity index (χ3v) is 11.1. The number of ketones is 7. The van der Waals surface area contributed by atoms with Crippen molar-refractivity contribution in [2.75, 3.05) is 47.1 Å². The second kappa shape index (κ2) is 74.0. The van der Waals surface area contributed by atoms with E-state index in [9.17, 15) is 33.6 Å². The molecule has 520 valence electrons. The first-order chi connectivity index (χ1) is 41.4. The molecule has 2 atom stereocenters. The molecule has 0 aliphatic carbocycles. The third-order valence-electron chi connectivity index (χ3n) is 11.1. The molecular weight excluding hydrogens is 1130 g/mol. The summed E-state index contributed by atoms with van der Waals surface area (Å²) in [5, 5.41) is 48.9. The van der Waals surface area contributed by atoms with Crippen molar-refractivity contribution < 1.29 is 53.2 Å². The van der Waals surface area contributed by atoms with E-state index < -0.39 is 12.7 Å². The molecule has 2 N–H and O–H groups in total. The lowest BCUT2D eigenvalue weighted by atomic mass is 9.95. The number of carbonyl (C=O) groups is 7. The van der Waals surface area contributed by atoms with E-state index in [4.69, 9.17) is 40.7 Å². The van der Waals surface area contributed by atoms with Crippen LogP contribution in [0.3, 0.4) is 0 Å². The van der Waals surface area contributed by atoms with Gasteiger partial charge in [-0.3, -0.25) is 33.6 Å². The first-order valence-corrected chi connectivity index (χ1v) is 32.2. The predicted molar refractivity (Wildman–Crippen MR) is 372 cm³/mol. The van der Waals surface area contributed by atoms with Crippen molar-refractivity contribution in [3.05, 3.63) is 37.0 Å². The molecule has 0 amide bonds. The zero-order valence-corrected chi connectivity index (χ0v) is 62.3. The van der Waals surface area contributed by atoms with Crippen LogP contribution in [0.2, 0.25) is 0 Å². The Morgan fingerprint density at radius 3 is 1.17 bits per heavy atom. The molecule has 2 aliphatic rings. The van der Waals surface area contributed by atoms with Gasteiger partial charge in [0.25, 0.3) is 0 Å². The van der Waals surface area contributed by atoms with E-state index in [1.165, 1.54) is 12.5 Å². The fourth-order valence-electron chi connectivity index (χ4n) is 4.50. The number of hydrogen-bond acceptors (Lipinski definition) is 16. The minimum absolute atomic E-state index is 0.00894. The van der Waals surface area contributed by atoms with Gasteiger partial charge in [0.15, 0.2) is 23.1 Å². The quantitative estimate of drug-likeness (QED) is 0.0441. The van der Waals surface area contributed by atoms with Crippen LogP contribution in [0.15, 0.2) is 37.0 Å². The van der Waals surface area contributed by atoms with Crippen molar-refractivity contribution in [3.8, 4) is 36.1 Å². The second-order valence-corrected chi connectivity index (χ2v) is 25.4. The first kappa shape index (κ1) is 106. The maximum Gasteiger partial charge on any atom is 0.207 e. The number of hydrogen-bond donors (Lipinski definition) is 2. The fourth-order valence-corrected chi connectivity index (χ4v) is 4.50. The van der Waals surface area contributed by atoms with E-state index >= 15 is 0 Å². The van der Waals surface area contributed by atoms with Gasteiger partial charge >= 0.3 is 0 Å². The van der Waals surface area contributed by atoms with Crippen LogP contribution in [0.25, 0.3) is 0 Å². The molecule has 90 heavy (non-hydrogen) atoms. The van der Waals surface area contributed by atoms with Crippen molar-refractivity contribution in [2.45, 2.75) is 238 Å². The number of aliphatic hydroxyl groups excluding tert-OH is 2. The van der Waals surface area contributed by atoms with E-state index in [1.54, 1.807) is 58.9 Å². The van der Waals surface area contributed by atoms with Gasteiger partial charge in [0.05, 0.1) is 63.2 Å². The number of carbonyl (C=O) groups excluding carboxylic acids is 7. The number of Topliss-reactive ketones (excluding diaryl/α,β-unsaturated/α-hetero) is 4. The van der Waals surface area contributed by atoms with Crippen molar-refractivity contribution in [1.82, 2.24) is 4.90 Å². The number of epoxide rings is 1. The van der Waals surface area contributed by atoms with Gasteiger partial charge in [-0.1, -0.05) is 184 Å². The molecular formula is C74H133N5O11. The zero-order chi connectivity index (χ0) is 73.2. The second-order valence-electron chi connectivity index (χ2n) is 25.4. The van der Waals surface area contributed by atoms with Crippen LogP contribution in [-0.2, 0) is 43.0 Å². The van der Waals surface area contributed by atoms with Gasteiger partial charge in [0, 0.05) is 79.1 Å². The Labute approximate surface area is 552 Å². The Morgan fingerprint density at radius 2 is 1.06 bits per heavy atom. The lowest BCUT2D eigenvalue weighted by Crippen LogP contribution is -2.31. The molecule has 0 aromatic heterocycles. The summed E-state index contributed by atoms with van der Waals surface area (Å²) in [5.74, 6) is 9.97. The van der Waals surface area contributed by atoms with E-state index in [1.807, 2.05) is 142 Å². The summed E-state index contributed by atoms with van der Waals surface area (Å²) in [6.45, 7) is 58.8. The highest BCUT2D eigenvalue weighted by atomic mass is 16.6. The lowest BCUT2D eigenvalue weighted by molar-refractivity contribution is -0.132. The molecule has 2 unspecified atom stereocenters. The summed E-state index contributed by atoms with van der Waals surface area (Å²) in [6.07, 6.45) is 12.1. The number of aliphatic hydroxyl groups is 2. The fraction of sp³-hybridized carbons (Fsp3) is 0.743. The van der Waals surface area contributed by atoms with Crippen LogP contribution in [0.4, 0.5) is 0 Å². The van der Waals surface area contributed by atoms with Crippen LogP contribution in [-0.4, -0.2) is 115 Å². The van der Waals surface area contributed by atoms with E-state index in [0.717, 1.165) is 50.5 Å². The molecule has 2 heterocycles. The first-order valence-electron chi connectivity index (χ1n) is 32.2. The number of likely N-dealkylation sites (N-methyl/N-ethyl adjacent to an activating group) is 1. The average molecular weight is 1270 g/mol. The highest BCUT2D eigenvalue weighted by Gasteiger charge is 2.23. The Kier molecular flexibility index (Phi) is 87.0. The maximum atomic E-state index is 11.0. The van der Waals surface area contributed by atoms with Crippen molar-refractivity contribution in [3.63, 3.8) is 0 Å². The average Bonchev–Trinajstić information content (AvgIpc) is 3.93. The molecule has 2 saturated heterocycles. The molecule has 2 aliphatic heterocycles. The minimum atomic E-state index is -1.19. The van der Waals surface area contributed by atoms with E-state index in [-0.39, 0.29) is 88.5 Å². The number of ether oxygens (including phenoxy) is 2. The number of nitriles is 4. The molecule has 2 rings (SSSR count). The van der Waals surface area contributed by atoms with Crippen molar-refractivity contribution in [1.29, 1.82) is 21.0 Å². The van der Waals surface area contributed by atoms with Crippen molar-refractivity contribution in [2.24, 2.45) is 76.9 Å². The number of rotatable bonds is 22. The molecule has 16 heteroatoms. The van der Waals surface area contributed by atoms with Gasteiger partial charge < -0.3 is 24.6 Å². The standard InChI is InChI=1S/C9H17NO.C7H12O.C7H10O.C6H9NO.C6H11N.C6H12O3.3C6H12O.C6H10O.C5H9N.C4H7N/c1-8(2)9(11)6-5-7-10(3)4;2*1-4-5-7(8)6(2)3;1-5(2)6(8)3-4-7;1-6(2)4-3-5-7;1-4(2)6(9)5(8)3-7;1-5(2)6-3-7-4-6;1-5(2)3-6-4-7-6;2*1-4-6(7)5(2)3;1-5(2)3-4-6;1-4(2)3-5/h5-6,8H,7H2,1-4H3;4-6H,1-3H3;6H,1-3H3;5H,3H2,1-2H3;6H,3-4H2,1-2H3;4-5,7-8H,3H2,1-2H3;2*5-6H,3-4H2,1-2H3;5H,4H2,1-3H3;4-5H,1H2,2-3H3;5H,3H2,1-2H3;4H,1-2H3/b6-5+;5-4+;;;;;;;;;;. The maximum absolute atomic E-state index is 11.0. The van der Waals surface area contributed by atoms with Gasteiger partial charge in [-0.05, 0) is 102 Å². The molecule has 0 saturated carbocycles. The number of nitrogens with zero attached hydrogens (tertiary/aromatic N) is 5. The topological polar surface area (TPSA) is 280 Å². The smallest absolute Gasteiger partial charge is 0.207 e. The minimum Gasteiger partial charge on any atom is -0.393 e. The SMILES string of the molecule is C/C=C/C(=O)C(C)C.C=CC(=O)C(C)C.CC#CC(=O)C(C)C.CC(C)C#N.CC(C)C(=O)/C=C/CN(C)C.CC(C)C(=O)C(O)CO.CC(C)C(=O)CC#N.CC(C)C1COC1.CC(C)CC#N.CC(C)CC1CO1.CC(C)CCC#N.CCC(=O)C(C)C.